The highest BCUT2D eigenvalue weighted by Crippen LogP contribution is 2.15. The predicted octanol–water partition coefficient (Wildman–Crippen LogP) is 0.217. The highest BCUT2D eigenvalue weighted by molar-refractivity contribution is 5.80. The largest absolute Gasteiger partial charge is 0.372 e. The van der Waals surface area contributed by atoms with Crippen LogP contribution in [0.3, 0.4) is 0 Å². The van der Waals surface area contributed by atoms with Crippen LogP contribution in [0.25, 0.3) is 0 Å². The number of carbonyl (C=O) groups is 1. The Hall–Kier alpha value is -0.610. The maximum absolute atomic E-state index is 11.7. The predicted molar refractivity (Wildman–Crippen MR) is 54.8 cm³/mol. The van der Waals surface area contributed by atoms with Gasteiger partial charge in [0.25, 0.3) is 5.91 Å². The first-order valence-electron chi connectivity index (χ1n) is 5.13. The molecule has 0 aromatic rings. The Morgan fingerprint density at radius 3 is 2.79 bits per heavy atom. The molecule has 1 amide bonds. The Bertz CT molecular complexity index is 208. The van der Waals surface area contributed by atoms with Gasteiger partial charge in [-0.1, -0.05) is 6.92 Å². The van der Waals surface area contributed by atoms with Gasteiger partial charge in [0.05, 0.1) is 0 Å². The van der Waals surface area contributed by atoms with E-state index in [-0.39, 0.29) is 18.1 Å². The molecule has 0 aliphatic carbocycles. The smallest absolute Gasteiger partial charge is 0.251 e. The van der Waals surface area contributed by atoms with E-state index in [1.807, 2.05) is 4.90 Å². The Kier molecular flexibility index (Phi) is 3.89. The summed E-state index contributed by atoms with van der Waals surface area (Å²) in [6, 6.07) is 0.233. The number of ether oxygens (including phenoxy) is 1. The quantitative estimate of drug-likeness (QED) is 0.693. The van der Waals surface area contributed by atoms with Crippen molar-refractivity contribution in [3.05, 3.63) is 0 Å². The molecule has 3 atom stereocenters. The zero-order chi connectivity index (χ0) is 10.7. The van der Waals surface area contributed by atoms with Crippen molar-refractivity contribution in [1.82, 2.24) is 4.90 Å². The van der Waals surface area contributed by atoms with Gasteiger partial charge >= 0.3 is 0 Å². The van der Waals surface area contributed by atoms with Crippen molar-refractivity contribution < 1.29 is 9.53 Å². The van der Waals surface area contributed by atoms with Crippen LogP contribution in [-0.2, 0) is 9.53 Å². The molecule has 4 heteroatoms. The molecule has 3 unspecified atom stereocenters. The van der Waals surface area contributed by atoms with Crippen molar-refractivity contribution in [2.45, 2.75) is 32.4 Å². The lowest BCUT2D eigenvalue weighted by molar-refractivity contribution is -0.142. The molecule has 0 aromatic heterocycles. The van der Waals surface area contributed by atoms with E-state index in [0.29, 0.717) is 5.92 Å². The van der Waals surface area contributed by atoms with Crippen LogP contribution < -0.4 is 5.73 Å². The summed E-state index contributed by atoms with van der Waals surface area (Å²) in [6.07, 6.45) is 0.556. The van der Waals surface area contributed by atoms with Crippen molar-refractivity contribution in [3.63, 3.8) is 0 Å². The summed E-state index contributed by atoms with van der Waals surface area (Å²) in [4.78, 5) is 13.6. The standard InChI is InChI=1S/C10H20N2O2/c1-7-6-12(5-4-9(7)11)10(13)8(2)14-3/h7-9H,4-6,11H2,1-3H3. The Morgan fingerprint density at radius 2 is 2.29 bits per heavy atom. The summed E-state index contributed by atoms with van der Waals surface area (Å²) >= 11 is 0. The first-order chi connectivity index (χ1) is 6.56. The molecule has 1 fully saturated rings. The van der Waals surface area contributed by atoms with Crippen LogP contribution >= 0.6 is 0 Å². The molecule has 0 radical (unpaired) electrons. The number of carbonyl (C=O) groups excluding carboxylic acids is 1. The van der Waals surface area contributed by atoms with E-state index in [4.69, 9.17) is 10.5 Å². The maximum atomic E-state index is 11.7. The first-order valence-corrected chi connectivity index (χ1v) is 5.13. The van der Waals surface area contributed by atoms with Crippen LogP contribution in [0.15, 0.2) is 0 Å². The average Bonchev–Trinajstić information content (AvgIpc) is 2.20. The summed E-state index contributed by atoms with van der Waals surface area (Å²) in [5, 5.41) is 0. The molecule has 2 N–H and O–H groups in total. The first kappa shape index (κ1) is 11.5. The van der Waals surface area contributed by atoms with Gasteiger partial charge in [0.1, 0.15) is 6.10 Å². The lowest BCUT2D eigenvalue weighted by atomic mass is 9.94. The van der Waals surface area contributed by atoms with Gasteiger partial charge in [0, 0.05) is 26.2 Å². The minimum Gasteiger partial charge on any atom is -0.372 e. The third-order valence-corrected chi connectivity index (χ3v) is 2.98. The number of piperidine rings is 1. The third kappa shape index (κ3) is 2.45. The molecular formula is C10H20N2O2. The van der Waals surface area contributed by atoms with Gasteiger partial charge in [0.2, 0.25) is 0 Å². The SMILES string of the molecule is COC(C)C(=O)N1CCC(N)C(C)C1. The normalized spacial score (nSPS) is 30.1. The number of amides is 1. The van der Waals surface area contributed by atoms with Gasteiger partial charge in [-0.25, -0.2) is 0 Å². The number of hydrogen-bond donors (Lipinski definition) is 1. The van der Waals surface area contributed by atoms with Crippen molar-refractivity contribution in [2.75, 3.05) is 20.2 Å². The Labute approximate surface area is 85.4 Å². The van der Waals surface area contributed by atoms with Crippen LogP contribution in [0.5, 0.6) is 0 Å². The molecule has 4 nitrogen and oxygen atoms in total. The number of methoxy groups -OCH3 is 1. The fourth-order valence-electron chi connectivity index (χ4n) is 1.72. The van der Waals surface area contributed by atoms with Gasteiger partial charge in [-0.15, -0.1) is 0 Å². The van der Waals surface area contributed by atoms with E-state index in [0.717, 1.165) is 19.5 Å². The summed E-state index contributed by atoms with van der Waals surface area (Å²) in [5.41, 5.74) is 5.88. The summed E-state index contributed by atoms with van der Waals surface area (Å²) in [7, 11) is 1.56. The molecule has 0 spiro atoms. The van der Waals surface area contributed by atoms with E-state index in [1.54, 1.807) is 14.0 Å². The summed E-state index contributed by atoms with van der Waals surface area (Å²) in [5.74, 6) is 0.461. The van der Waals surface area contributed by atoms with Gasteiger partial charge in [-0.2, -0.15) is 0 Å². The second kappa shape index (κ2) is 4.75. The zero-order valence-electron chi connectivity index (χ0n) is 9.19. The lowest BCUT2D eigenvalue weighted by Crippen LogP contribution is -2.50. The number of nitrogens with zero attached hydrogens (tertiary/aromatic N) is 1. The number of rotatable bonds is 2. The minimum atomic E-state index is -0.337. The van der Waals surface area contributed by atoms with Crippen molar-refractivity contribution in [1.29, 1.82) is 0 Å². The minimum absolute atomic E-state index is 0.0752. The molecule has 14 heavy (non-hydrogen) atoms. The molecule has 1 rings (SSSR count). The van der Waals surface area contributed by atoms with E-state index in [1.165, 1.54) is 0 Å². The molecule has 82 valence electrons. The van der Waals surface area contributed by atoms with Crippen LogP contribution in [0.2, 0.25) is 0 Å². The molecule has 1 heterocycles. The Morgan fingerprint density at radius 1 is 1.64 bits per heavy atom. The van der Waals surface area contributed by atoms with Crippen molar-refractivity contribution >= 4 is 5.91 Å². The van der Waals surface area contributed by atoms with Crippen LogP contribution in [0, 0.1) is 5.92 Å². The number of nitrogens with two attached hydrogens (primary N) is 1. The van der Waals surface area contributed by atoms with E-state index < -0.39 is 0 Å². The lowest BCUT2D eigenvalue weighted by Gasteiger charge is -2.36. The second-order valence-electron chi connectivity index (χ2n) is 4.09. The molecule has 0 bridgehead atoms. The maximum Gasteiger partial charge on any atom is 0.251 e. The van der Waals surface area contributed by atoms with Gasteiger partial charge < -0.3 is 15.4 Å². The fourth-order valence-corrected chi connectivity index (χ4v) is 1.72. The van der Waals surface area contributed by atoms with E-state index in [2.05, 4.69) is 6.92 Å². The van der Waals surface area contributed by atoms with Crippen LogP contribution in [0.1, 0.15) is 20.3 Å². The van der Waals surface area contributed by atoms with Gasteiger partial charge in [0.15, 0.2) is 0 Å². The molecule has 1 saturated heterocycles. The molecule has 0 saturated carbocycles. The van der Waals surface area contributed by atoms with Crippen molar-refractivity contribution in [3.8, 4) is 0 Å². The van der Waals surface area contributed by atoms with Crippen LogP contribution in [0.4, 0.5) is 0 Å². The number of hydrogen-bond acceptors (Lipinski definition) is 3. The molecular weight excluding hydrogens is 180 g/mol. The monoisotopic (exact) mass is 200 g/mol. The molecule has 0 aromatic carbocycles. The summed E-state index contributed by atoms with van der Waals surface area (Å²) in [6.45, 7) is 5.38. The summed E-state index contributed by atoms with van der Waals surface area (Å²) < 4.78 is 5.00. The van der Waals surface area contributed by atoms with E-state index in [9.17, 15) is 4.79 Å². The molecule has 1 aliphatic heterocycles. The van der Waals surface area contributed by atoms with Gasteiger partial charge in [-0.3, -0.25) is 4.79 Å². The Balaban J connectivity index is 2.50. The second-order valence-corrected chi connectivity index (χ2v) is 4.09. The highest BCUT2D eigenvalue weighted by Gasteiger charge is 2.28. The fraction of sp³-hybridized carbons (Fsp3) is 0.900. The van der Waals surface area contributed by atoms with E-state index >= 15 is 0 Å². The third-order valence-electron chi connectivity index (χ3n) is 2.98. The topological polar surface area (TPSA) is 55.6 Å². The van der Waals surface area contributed by atoms with Crippen molar-refractivity contribution in [2.24, 2.45) is 11.7 Å². The number of likely N-dealkylation sites (tertiary alicyclic amines) is 1. The van der Waals surface area contributed by atoms with Gasteiger partial charge in [-0.05, 0) is 19.3 Å². The molecule has 1 aliphatic rings. The zero-order valence-corrected chi connectivity index (χ0v) is 9.19. The van der Waals surface area contributed by atoms with Crippen LogP contribution in [-0.4, -0.2) is 43.2 Å². The average molecular weight is 200 g/mol. The highest BCUT2D eigenvalue weighted by atomic mass is 16.5.